The number of aliphatic hydroxyl groups is 1. The number of thioether (sulfide) groups is 1. The second kappa shape index (κ2) is 40.0. The van der Waals surface area contributed by atoms with E-state index in [0.717, 1.165) is 24.3 Å². The maximum absolute atomic E-state index is 10.3. The summed E-state index contributed by atoms with van der Waals surface area (Å²) < 4.78 is 25.5. The zero-order valence-corrected chi connectivity index (χ0v) is 41.3. The van der Waals surface area contributed by atoms with Crippen LogP contribution in [-0.4, -0.2) is 136 Å². The minimum atomic E-state index is -0.804. The van der Waals surface area contributed by atoms with Gasteiger partial charge in [0.1, 0.15) is 33.6 Å². The molecule has 0 aromatic carbocycles. The van der Waals surface area contributed by atoms with Crippen LogP contribution in [0, 0.1) is 39.4 Å². The van der Waals surface area contributed by atoms with Crippen molar-refractivity contribution in [3.63, 3.8) is 0 Å². The second-order valence-electron chi connectivity index (χ2n) is 15.6. The molecule has 0 heterocycles. The Hall–Kier alpha value is -2.82. The van der Waals surface area contributed by atoms with E-state index in [4.69, 9.17) is 73.3 Å². The van der Waals surface area contributed by atoms with E-state index in [-0.39, 0.29) is 61.4 Å². The molecule has 14 nitrogen and oxygen atoms in total. The van der Waals surface area contributed by atoms with Crippen LogP contribution in [0.3, 0.4) is 0 Å². The average Bonchev–Trinajstić information content (AvgIpc) is 3.07. The second-order valence-corrected chi connectivity index (χ2v) is 16.9. The van der Waals surface area contributed by atoms with Crippen LogP contribution in [0.4, 0.5) is 0 Å². The van der Waals surface area contributed by atoms with Crippen molar-refractivity contribution in [3.8, 4) is 0 Å². The Morgan fingerprint density at radius 2 is 0.772 bits per heavy atom. The van der Waals surface area contributed by atoms with Gasteiger partial charge in [0, 0.05) is 61.9 Å². The van der Waals surface area contributed by atoms with Crippen molar-refractivity contribution >= 4 is 17.7 Å². The van der Waals surface area contributed by atoms with E-state index in [1.807, 2.05) is 69.2 Å². The van der Waals surface area contributed by atoms with Crippen molar-refractivity contribution in [1.82, 2.24) is 0 Å². The van der Waals surface area contributed by atoms with Gasteiger partial charge >= 0.3 is 5.97 Å². The van der Waals surface area contributed by atoms with Gasteiger partial charge in [-0.1, -0.05) is 0 Å². The number of carboxylic acid groups (broad SMARTS) is 1. The Morgan fingerprint density at radius 3 is 0.965 bits per heavy atom. The van der Waals surface area contributed by atoms with Crippen LogP contribution < -0.4 is 0 Å². The molecule has 0 aliphatic carbocycles. The molecule has 1 radical (unpaired) electrons. The van der Waals surface area contributed by atoms with Crippen molar-refractivity contribution in [3.05, 3.63) is 68.5 Å². The minimum Gasteiger partial charge on any atom is -0.481 e. The quantitative estimate of drug-likeness (QED) is 0.0965. The first-order valence-corrected chi connectivity index (χ1v) is 19.0. The molecule has 2 N–H and O–H groups in total. The topological polar surface area (TPSA) is 130 Å². The molecule has 0 aromatic rings. The van der Waals surface area contributed by atoms with E-state index in [1.54, 1.807) is 54.0 Å². The average molecular weight is 997 g/mol. The van der Waals surface area contributed by atoms with E-state index in [2.05, 4.69) is 29.1 Å². The zero-order valence-electron chi connectivity index (χ0n) is 37.8. The monoisotopic (exact) mass is 997 g/mol. The number of carboxylic acids is 1. The normalized spacial score (nSPS) is 10.6. The number of hydrogen-bond acceptors (Lipinski definition) is 8. The first-order valence-electron chi connectivity index (χ1n) is 17.9. The Morgan fingerprint density at radius 1 is 0.509 bits per heavy atom. The Labute approximate surface area is 365 Å². The zero-order chi connectivity index (χ0) is 45.5. The van der Waals surface area contributed by atoms with Gasteiger partial charge in [0.15, 0.2) is 0 Å². The summed E-state index contributed by atoms with van der Waals surface area (Å²) in [4.78, 5) is 29.4. The van der Waals surface area contributed by atoms with Crippen molar-refractivity contribution in [2.75, 3.05) is 85.8 Å². The fourth-order valence-electron chi connectivity index (χ4n) is 2.39. The van der Waals surface area contributed by atoms with Crippen LogP contribution in [0.15, 0.2) is 0 Å². The molecule has 0 fully saturated rings. The summed E-state index contributed by atoms with van der Waals surface area (Å²) >= 11 is 1.76. The summed E-state index contributed by atoms with van der Waals surface area (Å²) in [6.07, 6.45) is 1.92. The molecule has 329 valence electrons. The predicted octanol–water partition coefficient (Wildman–Crippen LogP) is 8.69. The molecule has 0 bridgehead atoms. The summed E-state index contributed by atoms with van der Waals surface area (Å²) in [5, 5.41) is 17.2. The first kappa shape index (κ1) is 68.8. The van der Waals surface area contributed by atoms with E-state index in [0.29, 0.717) is 39.3 Å². The van der Waals surface area contributed by atoms with E-state index in [1.165, 1.54) is 0 Å². The molecular formula is C41H74N6O8ReS. The SMILES string of the molecule is [C-]#[N+]CC(C)(C)O.[C-]#[N+]CC(C)(C)OC.[C-]#[N+]CC(C)(C)OC.[C-]#[N+]CC(C)(C)OC.[C-]#[N+]CC(C)(C)OC.[C-]#[N+]CC(C)(C)OCCCSCCCC(=O)O.[Re]. The van der Waals surface area contributed by atoms with E-state index in [9.17, 15) is 4.79 Å². The largest absolute Gasteiger partial charge is 0.481 e. The number of nitrogens with zero attached hydrogens (tertiary/aromatic N) is 6. The third-order valence-corrected chi connectivity index (χ3v) is 7.74. The predicted molar refractivity (Wildman–Crippen MR) is 228 cm³/mol. The number of aliphatic carboxylic acids is 1. The third kappa shape index (κ3) is 68.2. The van der Waals surface area contributed by atoms with Crippen LogP contribution in [0.2, 0.25) is 0 Å². The molecule has 57 heavy (non-hydrogen) atoms. The number of ether oxygens (including phenoxy) is 5. The van der Waals surface area contributed by atoms with Crippen molar-refractivity contribution < 1.29 is 59.1 Å². The molecule has 0 spiro atoms. The summed E-state index contributed by atoms with van der Waals surface area (Å²) in [6, 6.07) is 0. The summed E-state index contributed by atoms with van der Waals surface area (Å²) in [7, 11) is 6.46. The van der Waals surface area contributed by atoms with E-state index < -0.39 is 11.6 Å². The maximum Gasteiger partial charge on any atom is 0.303 e. The smallest absolute Gasteiger partial charge is 0.303 e. The van der Waals surface area contributed by atoms with Gasteiger partial charge < -0.3 is 63.0 Å². The van der Waals surface area contributed by atoms with Crippen molar-refractivity contribution in [2.45, 2.75) is 136 Å². The van der Waals surface area contributed by atoms with Crippen LogP contribution in [0.25, 0.3) is 29.1 Å². The van der Waals surface area contributed by atoms with Crippen molar-refractivity contribution in [2.24, 2.45) is 0 Å². The molecule has 16 heteroatoms. The van der Waals surface area contributed by atoms with Crippen LogP contribution >= 0.6 is 11.8 Å². The first-order chi connectivity index (χ1) is 25.5. The molecule has 0 aliphatic rings. The Balaban J connectivity index is -0.000000109. The number of methoxy groups -OCH3 is 4. The standard InChI is InChI=1S/C12H21NO3S.4C6H11NO.C5H9NO.Re/c1-12(2,10-13-3)16-7-5-9-17-8-4-6-11(14)15;4*1-6(2,8-4)5-7-3;1-5(2,7)4-6-3;/h4-10H2,1-2H3,(H,14,15);4*5H2,1-2,4H3;7H,4H2,1-2H3;. The molecule has 0 rings (SSSR count). The summed E-state index contributed by atoms with van der Waals surface area (Å²) in [5.74, 6) is 1.14. The third-order valence-electron chi connectivity index (χ3n) is 6.58. The van der Waals surface area contributed by atoms with Crippen LogP contribution in [0.5, 0.6) is 0 Å². The molecule has 0 atom stereocenters. The number of hydrogen-bond donors (Lipinski definition) is 2. The summed E-state index contributed by atoms with van der Waals surface area (Å²) in [5.41, 5.74) is -2.20. The fraction of sp³-hybridized carbons (Fsp3) is 0.829. The van der Waals surface area contributed by atoms with Crippen LogP contribution in [-0.2, 0) is 48.9 Å². The molecule has 0 aromatic heterocycles. The van der Waals surface area contributed by atoms with Gasteiger partial charge in [-0.15, -0.1) is 0 Å². The van der Waals surface area contributed by atoms with E-state index >= 15 is 0 Å². The summed E-state index contributed by atoms with van der Waals surface area (Å²) in [6.45, 7) is 64.3. The van der Waals surface area contributed by atoms with Gasteiger partial charge in [-0.25, -0.2) is 39.4 Å². The number of rotatable bonds is 19. The Kier molecular flexibility index (Phi) is 48.3. The van der Waals surface area contributed by atoms with Gasteiger partial charge in [0.2, 0.25) is 39.3 Å². The fourth-order valence-corrected chi connectivity index (χ4v) is 3.26. The maximum atomic E-state index is 10.3. The molecule has 0 saturated carbocycles. The molecule has 0 aliphatic heterocycles. The Bertz CT molecular complexity index is 1140. The van der Waals surface area contributed by atoms with Gasteiger partial charge in [0.05, 0.1) is 0 Å². The minimum absolute atomic E-state index is 0. The number of carbonyl (C=O) groups is 1. The van der Waals surface area contributed by atoms with Gasteiger partial charge in [-0.3, -0.25) is 4.79 Å². The van der Waals surface area contributed by atoms with Crippen LogP contribution in [0.1, 0.15) is 102 Å². The van der Waals surface area contributed by atoms with Crippen molar-refractivity contribution in [1.29, 1.82) is 0 Å². The molecule has 0 saturated heterocycles. The molecule has 0 amide bonds. The molecular weight excluding hydrogens is 923 g/mol. The van der Waals surface area contributed by atoms with Gasteiger partial charge in [-0.05, 0) is 107 Å². The van der Waals surface area contributed by atoms with Gasteiger partial charge in [-0.2, -0.15) is 11.8 Å². The van der Waals surface area contributed by atoms with Gasteiger partial charge in [0.25, 0.3) is 0 Å². The molecule has 0 unspecified atom stereocenters.